The molecule has 2 rings (SSSR count). The second-order valence-corrected chi connectivity index (χ2v) is 5.76. The van der Waals surface area contributed by atoms with Crippen LogP contribution in [0, 0.1) is 19.8 Å². The van der Waals surface area contributed by atoms with Gasteiger partial charge in [0.15, 0.2) is 0 Å². The Balaban J connectivity index is 2.38. The van der Waals surface area contributed by atoms with E-state index in [1.807, 2.05) is 0 Å². The molecule has 1 aromatic carbocycles. The lowest BCUT2D eigenvalue weighted by Gasteiger charge is -2.38. The molecule has 1 unspecified atom stereocenters. The predicted molar refractivity (Wildman–Crippen MR) is 72.5 cm³/mol. The predicted octanol–water partition coefficient (Wildman–Crippen LogP) is 2.90. The molecule has 0 bridgehead atoms. The fraction of sp³-hybridized carbons (Fsp3) is 0.600. The summed E-state index contributed by atoms with van der Waals surface area (Å²) in [5, 5.41) is 9.46. The third kappa shape index (κ3) is 2.06. The first-order chi connectivity index (χ1) is 7.96. The van der Waals surface area contributed by atoms with Crippen molar-refractivity contribution in [3.8, 4) is 0 Å². The lowest BCUT2D eigenvalue weighted by Crippen LogP contribution is -2.44. The van der Waals surface area contributed by atoms with E-state index < -0.39 is 0 Å². The first-order valence-electron chi connectivity index (χ1n) is 6.42. The Hall–Kier alpha value is -1.02. The molecule has 1 fully saturated rings. The van der Waals surface area contributed by atoms with Crippen LogP contribution in [0.5, 0.6) is 0 Å². The second kappa shape index (κ2) is 4.34. The monoisotopic (exact) mass is 233 g/mol. The van der Waals surface area contributed by atoms with Crippen LogP contribution in [0.4, 0.5) is 5.69 Å². The highest BCUT2D eigenvalue weighted by Gasteiger charge is 2.41. The molecule has 17 heavy (non-hydrogen) atoms. The molecule has 1 N–H and O–H groups in total. The van der Waals surface area contributed by atoms with Crippen LogP contribution >= 0.6 is 0 Å². The largest absolute Gasteiger partial charge is 0.396 e. The molecule has 0 aromatic heterocycles. The molecule has 2 heteroatoms. The third-order valence-electron chi connectivity index (χ3n) is 4.27. The van der Waals surface area contributed by atoms with Crippen LogP contribution in [-0.2, 0) is 0 Å². The SMILES string of the molecule is Cc1ccc(C)c(N2CCC(CO)C2(C)C)c1. The zero-order valence-corrected chi connectivity index (χ0v) is 11.3. The normalized spacial score (nSPS) is 23.1. The number of nitrogens with zero attached hydrogens (tertiary/aromatic N) is 1. The van der Waals surface area contributed by atoms with Crippen molar-refractivity contribution in [3.05, 3.63) is 29.3 Å². The number of aryl methyl sites for hydroxylation is 2. The maximum Gasteiger partial charge on any atom is 0.0482 e. The summed E-state index contributed by atoms with van der Waals surface area (Å²) in [6, 6.07) is 6.61. The van der Waals surface area contributed by atoms with Crippen LogP contribution in [-0.4, -0.2) is 23.8 Å². The summed E-state index contributed by atoms with van der Waals surface area (Å²) in [5.74, 6) is 0.377. The second-order valence-electron chi connectivity index (χ2n) is 5.76. The van der Waals surface area contributed by atoms with Gasteiger partial charge in [-0.05, 0) is 51.3 Å². The Morgan fingerprint density at radius 3 is 2.65 bits per heavy atom. The van der Waals surface area contributed by atoms with Crippen molar-refractivity contribution in [2.24, 2.45) is 5.92 Å². The summed E-state index contributed by atoms with van der Waals surface area (Å²) < 4.78 is 0. The van der Waals surface area contributed by atoms with E-state index in [0.29, 0.717) is 5.92 Å². The number of hydrogen-bond donors (Lipinski definition) is 1. The van der Waals surface area contributed by atoms with Gasteiger partial charge in [-0.2, -0.15) is 0 Å². The number of rotatable bonds is 2. The molecule has 2 nitrogen and oxygen atoms in total. The summed E-state index contributed by atoms with van der Waals surface area (Å²) >= 11 is 0. The molecular formula is C15H23NO. The zero-order valence-electron chi connectivity index (χ0n) is 11.3. The number of aliphatic hydroxyl groups excluding tert-OH is 1. The van der Waals surface area contributed by atoms with E-state index in [4.69, 9.17) is 0 Å². The highest BCUT2D eigenvalue weighted by Crippen LogP contribution is 2.39. The van der Waals surface area contributed by atoms with E-state index >= 15 is 0 Å². The van der Waals surface area contributed by atoms with Crippen molar-refractivity contribution in [1.82, 2.24) is 0 Å². The highest BCUT2D eigenvalue weighted by atomic mass is 16.3. The minimum absolute atomic E-state index is 0.0489. The molecule has 1 aromatic rings. The smallest absolute Gasteiger partial charge is 0.0482 e. The van der Waals surface area contributed by atoms with E-state index in [2.05, 4.69) is 50.8 Å². The lowest BCUT2D eigenvalue weighted by molar-refractivity contribution is 0.189. The molecule has 1 heterocycles. The Morgan fingerprint density at radius 1 is 1.35 bits per heavy atom. The van der Waals surface area contributed by atoms with E-state index in [1.54, 1.807) is 0 Å². The molecular weight excluding hydrogens is 210 g/mol. The first kappa shape index (κ1) is 12.4. The van der Waals surface area contributed by atoms with Crippen LogP contribution in [0.3, 0.4) is 0 Å². The van der Waals surface area contributed by atoms with Crippen LogP contribution in [0.2, 0.25) is 0 Å². The Morgan fingerprint density at radius 2 is 2.06 bits per heavy atom. The van der Waals surface area contributed by atoms with E-state index in [0.717, 1.165) is 13.0 Å². The van der Waals surface area contributed by atoms with E-state index in [9.17, 15) is 5.11 Å². The van der Waals surface area contributed by atoms with Crippen molar-refractivity contribution in [2.75, 3.05) is 18.1 Å². The van der Waals surface area contributed by atoms with Crippen LogP contribution in [0.25, 0.3) is 0 Å². The fourth-order valence-corrected chi connectivity index (χ4v) is 2.90. The Bertz CT molecular complexity index is 411. The van der Waals surface area contributed by atoms with E-state index in [1.165, 1.54) is 16.8 Å². The summed E-state index contributed by atoms with van der Waals surface area (Å²) in [5.41, 5.74) is 4.00. The molecule has 0 aliphatic carbocycles. The van der Waals surface area contributed by atoms with Crippen molar-refractivity contribution >= 4 is 5.69 Å². The molecule has 1 saturated heterocycles. The minimum Gasteiger partial charge on any atom is -0.396 e. The van der Waals surface area contributed by atoms with Crippen LogP contribution in [0.15, 0.2) is 18.2 Å². The topological polar surface area (TPSA) is 23.5 Å². The quantitative estimate of drug-likeness (QED) is 0.849. The van der Waals surface area contributed by atoms with Gasteiger partial charge in [0.05, 0.1) is 0 Å². The average molecular weight is 233 g/mol. The van der Waals surface area contributed by atoms with E-state index in [-0.39, 0.29) is 12.1 Å². The molecule has 1 aliphatic rings. The Labute approximate surface area is 104 Å². The van der Waals surface area contributed by atoms with Gasteiger partial charge in [-0.15, -0.1) is 0 Å². The number of hydrogen-bond acceptors (Lipinski definition) is 2. The molecule has 0 saturated carbocycles. The zero-order chi connectivity index (χ0) is 12.6. The molecule has 0 spiro atoms. The van der Waals surface area contributed by atoms with Gasteiger partial charge >= 0.3 is 0 Å². The van der Waals surface area contributed by atoms with Gasteiger partial charge in [-0.3, -0.25) is 0 Å². The summed E-state index contributed by atoms with van der Waals surface area (Å²) in [4.78, 5) is 2.45. The van der Waals surface area contributed by atoms with Gasteiger partial charge in [0.25, 0.3) is 0 Å². The Kier molecular flexibility index (Phi) is 3.17. The van der Waals surface area contributed by atoms with Gasteiger partial charge in [0.2, 0.25) is 0 Å². The number of aliphatic hydroxyl groups is 1. The van der Waals surface area contributed by atoms with Gasteiger partial charge < -0.3 is 10.0 Å². The van der Waals surface area contributed by atoms with Crippen LogP contribution < -0.4 is 4.90 Å². The maximum absolute atomic E-state index is 9.46. The van der Waals surface area contributed by atoms with Gasteiger partial charge in [0.1, 0.15) is 0 Å². The standard InChI is InChI=1S/C15H23NO/c1-11-5-6-12(2)14(9-11)16-8-7-13(10-17)15(16,3)4/h5-6,9,13,17H,7-8,10H2,1-4H3. The third-order valence-corrected chi connectivity index (χ3v) is 4.27. The highest BCUT2D eigenvalue weighted by molar-refractivity contribution is 5.57. The summed E-state index contributed by atoms with van der Waals surface area (Å²) in [7, 11) is 0. The molecule has 1 aliphatic heterocycles. The molecule has 1 atom stereocenters. The van der Waals surface area contributed by atoms with Crippen molar-refractivity contribution in [1.29, 1.82) is 0 Å². The van der Waals surface area contributed by atoms with Gasteiger partial charge in [0, 0.05) is 30.3 Å². The summed E-state index contributed by atoms with van der Waals surface area (Å²) in [6.45, 7) is 10.1. The fourth-order valence-electron chi connectivity index (χ4n) is 2.90. The number of benzene rings is 1. The molecule has 0 radical (unpaired) electrons. The van der Waals surface area contributed by atoms with Gasteiger partial charge in [-0.1, -0.05) is 12.1 Å². The minimum atomic E-state index is 0.0489. The van der Waals surface area contributed by atoms with Gasteiger partial charge in [-0.25, -0.2) is 0 Å². The number of anilines is 1. The lowest BCUT2D eigenvalue weighted by atomic mass is 9.88. The summed E-state index contributed by atoms with van der Waals surface area (Å²) in [6.07, 6.45) is 1.08. The van der Waals surface area contributed by atoms with Crippen molar-refractivity contribution in [3.63, 3.8) is 0 Å². The molecule has 94 valence electrons. The van der Waals surface area contributed by atoms with Crippen LogP contribution in [0.1, 0.15) is 31.4 Å². The average Bonchev–Trinajstić information content (AvgIpc) is 2.57. The first-order valence-corrected chi connectivity index (χ1v) is 6.42. The van der Waals surface area contributed by atoms with Crippen molar-refractivity contribution < 1.29 is 5.11 Å². The molecule has 0 amide bonds. The maximum atomic E-state index is 9.46. The van der Waals surface area contributed by atoms with Crippen molar-refractivity contribution in [2.45, 2.75) is 39.7 Å².